The minimum Gasteiger partial charge on any atom is -0.476 e. The molecule has 30 heavy (non-hydrogen) atoms. The largest absolute Gasteiger partial charge is 0.476 e. The maximum Gasteiger partial charge on any atom is 0.237 e. The fourth-order valence-corrected chi connectivity index (χ4v) is 4.29. The predicted octanol–water partition coefficient (Wildman–Crippen LogP) is 4.01. The van der Waals surface area contributed by atoms with E-state index in [2.05, 4.69) is 31.8 Å². The molecule has 0 saturated heterocycles. The van der Waals surface area contributed by atoms with E-state index >= 15 is 0 Å². The highest BCUT2D eigenvalue weighted by molar-refractivity contribution is 6.31. The van der Waals surface area contributed by atoms with Crippen molar-refractivity contribution in [3.8, 4) is 11.9 Å². The summed E-state index contributed by atoms with van der Waals surface area (Å²) >= 11 is 6.26. The lowest BCUT2D eigenvalue weighted by atomic mass is 9.81. The summed E-state index contributed by atoms with van der Waals surface area (Å²) in [7, 11) is 2.03. The highest BCUT2D eigenvalue weighted by Crippen LogP contribution is 2.38. The third-order valence-electron chi connectivity index (χ3n) is 6.26. The topological polar surface area (TPSA) is 101 Å². The Labute approximate surface area is 182 Å². The van der Waals surface area contributed by atoms with E-state index < -0.39 is 0 Å². The van der Waals surface area contributed by atoms with Gasteiger partial charge in [-0.3, -0.25) is 4.68 Å². The normalized spacial score (nSPS) is 25.9. The Morgan fingerprint density at radius 3 is 2.77 bits per heavy atom. The van der Waals surface area contributed by atoms with Crippen molar-refractivity contribution in [2.75, 3.05) is 19.0 Å². The van der Waals surface area contributed by atoms with Gasteiger partial charge in [-0.2, -0.15) is 15.3 Å². The van der Waals surface area contributed by atoms with E-state index in [0.717, 1.165) is 37.1 Å². The second-order valence-electron chi connectivity index (χ2n) is 8.35. The number of ether oxygens (including phenoxy) is 1. The summed E-state index contributed by atoms with van der Waals surface area (Å²) in [6, 6.07) is 3.21. The van der Waals surface area contributed by atoms with Crippen molar-refractivity contribution in [2.24, 2.45) is 11.8 Å². The molecule has 0 bridgehead atoms. The molecule has 0 aliphatic heterocycles. The van der Waals surface area contributed by atoms with E-state index in [1.807, 2.05) is 24.9 Å². The summed E-state index contributed by atoms with van der Waals surface area (Å²) in [4.78, 5) is 8.75. The molecule has 8 nitrogen and oxygen atoms in total. The third-order valence-corrected chi connectivity index (χ3v) is 6.51. The van der Waals surface area contributed by atoms with Crippen molar-refractivity contribution in [1.82, 2.24) is 25.1 Å². The fraction of sp³-hybridized carbons (Fsp3) is 0.619. The molecule has 2 aromatic heterocycles. The van der Waals surface area contributed by atoms with E-state index in [9.17, 15) is 0 Å². The smallest absolute Gasteiger partial charge is 0.237 e. The molecule has 2 heterocycles. The zero-order valence-electron chi connectivity index (χ0n) is 17.4. The van der Waals surface area contributed by atoms with Gasteiger partial charge in [-0.25, -0.2) is 4.98 Å². The number of halogens is 1. The van der Waals surface area contributed by atoms with Crippen molar-refractivity contribution in [2.45, 2.75) is 57.5 Å². The van der Waals surface area contributed by atoms with Crippen LogP contribution in [0.25, 0.3) is 0 Å². The van der Waals surface area contributed by atoms with Gasteiger partial charge in [0.15, 0.2) is 0 Å². The molecule has 0 amide bonds. The first-order chi connectivity index (χ1) is 14.6. The van der Waals surface area contributed by atoms with Crippen LogP contribution in [0.3, 0.4) is 0 Å². The van der Waals surface area contributed by atoms with Crippen LogP contribution < -0.4 is 15.4 Å². The van der Waals surface area contributed by atoms with Crippen LogP contribution in [0.4, 0.5) is 11.6 Å². The van der Waals surface area contributed by atoms with Gasteiger partial charge in [0.2, 0.25) is 11.8 Å². The Kier molecular flexibility index (Phi) is 6.40. The number of nitrogens with one attached hydrogen (secondary N) is 2. The Morgan fingerprint density at radius 1 is 1.30 bits per heavy atom. The standard InChI is InChI=1S/C21H28ClN7O/c1-13-19(11-29(28-13)17-7-15(8-17)9-23)26-21-25-10-18(22)20(27-21)30-12-14-3-5-16(24-2)6-4-14/h10-11,14-17,24H,3-8,12H2,1-2H3,(H,25,26,27). The lowest BCUT2D eigenvalue weighted by Gasteiger charge is -2.30. The molecule has 2 aliphatic rings. The molecule has 2 saturated carbocycles. The van der Waals surface area contributed by atoms with Gasteiger partial charge in [0.25, 0.3) is 0 Å². The van der Waals surface area contributed by atoms with Crippen molar-refractivity contribution >= 4 is 23.2 Å². The fourth-order valence-electron chi connectivity index (χ4n) is 4.15. The van der Waals surface area contributed by atoms with E-state index in [0.29, 0.717) is 35.4 Å². The monoisotopic (exact) mass is 429 g/mol. The number of aromatic nitrogens is 4. The highest BCUT2D eigenvalue weighted by atomic mass is 35.5. The van der Waals surface area contributed by atoms with Crippen LogP contribution in [0.5, 0.6) is 5.88 Å². The third kappa shape index (κ3) is 4.68. The minimum absolute atomic E-state index is 0.142. The zero-order chi connectivity index (χ0) is 21.1. The first-order valence-electron chi connectivity index (χ1n) is 10.6. The van der Waals surface area contributed by atoms with Gasteiger partial charge < -0.3 is 15.4 Å². The molecule has 0 spiro atoms. The molecule has 0 atom stereocenters. The summed E-state index contributed by atoms with van der Waals surface area (Å²) in [6.45, 7) is 2.55. The lowest BCUT2D eigenvalue weighted by molar-refractivity contribution is 0.189. The van der Waals surface area contributed by atoms with Crippen LogP contribution in [0.1, 0.15) is 50.3 Å². The van der Waals surface area contributed by atoms with E-state index in [4.69, 9.17) is 21.6 Å². The number of hydrogen-bond donors (Lipinski definition) is 2. The predicted molar refractivity (Wildman–Crippen MR) is 115 cm³/mol. The average Bonchev–Trinajstić information content (AvgIpc) is 3.07. The zero-order valence-corrected chi connectivity index (χ0v) is 18.2. The van der Waals surface area contributed by atoms with Crippen LogP contribution in [0, 0.1) is 30.1 Å². The molecule has 9 heteroatoms. The summed E-state index contributed by atoms with van der Waals surface area (Å²) in [5.41, 5.74) is 1.70. The average molecular weight is 430 g/mol. The van der Waals surface area contributed by atoms with Gasteiger partial charge in [0.05, 0.1) is 42.2 Å². The number of aryl methyl sites for hydroxylation is 1. The molecular weight excluding hydrogens is 402 g/mol. The van der Waals surface area contributed by atoms with Crippen LogP contribution in [-0.2, 0) is 0 Å². The van der Waals surface area contributed by atoms with Crippen LogP contribution in [0.15, 0.2) is 12.4 Å². The lowest BCUT2D eigenvalue weighted by Crippen LogP contribution is -2.31. The second-order valence-corrected chi connectivity index (χ2v) is 8.76. The van der Waals surface area contributed by atoms with Crippen LogP contribution in [-0.4, -0.2) is 39.4 Å². The van der Waals surface area contributed by atoms with Crippen LogP contribution in [0.2, 0.25) is 5.02 Å². The quantitative estimate of drug-likeness (QED) is 0.685. The Morgan fingerprint density at radius 2 is 2.07 bits per heavy atom. The molecule has 2 aliphatic carbocycles. The molecule has 2 aromatic rings. The molecule has 0 radical (unpaired) electrons. The van der Waals surface area contributed by atoms with E-state index in [1.54, 1.807) is 6.20 Å². The van der Waals surface area contributed by atoms with Gasteiger partial charge in [-0.05, 0) is 58.4 Å². The Hall–Kier alpha value is -2.37. The maximum absolute atomic E-state index is 8.97. The summed E-state index contributed by atoms with van der Waals surface area (Å²) in [5, 5.41) is 20.5. The molecule has 2 fully saturated rings. The van der Waals surface area contributed by atoms with E-state index in [1.165, 1.54) is 12.8 Å². The second kappa shape index (κ2) is 9.19. The van der Waals surface area contributed by atoms with Gasteiger partial charge in [0.1, 0.15) is 5.02 Å². The van der Waals surface area contributed by atoms with Crippen molar-refractivity contribution in [3.05, 3.63) is 23.1 Å². The Bertz CT molecular complexity index is 911. The first-order valence-corrected chi connectivity index (χ1v) is 11.0. The number of nitriles is 1. The van der Waals surface area contributed by atoms with Gasteiger partial charge in [-0.1, -0.05) is 11.6 Å². The Balaban J connectivity index is 1.36. The molecule has 2 N–H and O–H groups in total. The van der Waals surface area contributed by atoms with Gasteiger partial charge in [0, 0.05) is 12.2 Å². The molecular formula is C21H28ClN7O. The molecule has 4 rings (SSSR count). The molecule has 0 aromatic carbocycles. The summed E-state index contributed by atoms with van der Waals surface area (Å²) < 4.78 is 7.88. The number of nitrogens with zero attached hydrogens (tertiary/aromatic N) is 5. The summed E-state index contributed by atoms with van der Waals surface area (Å²) in [6.07, 6.45) is 9.85. The van der Waals surface area contributed by atoms with Crippen molar-refractivity contribution < 1.29 is 4.74 Å². The molecule has 160 valence electrons. The van der Waals surface area contributed by atoms with E-state index in [-0.39, 0.29) is 12.0 Å². The SMILES string of the molecule is CNC1CCC(COc2nc(Nc3cn(C4CC(C#N)C4)nc3C)ncc2Cl)CC1. The first kappa shape index (κ1) is 20.9. The van der Waals surface area contributed by atoms with Gasteiger partial charge in [-0.15, -0.1) is 0 Å². The summed E-state index contributed by atoms with van der Waals surface area (Å²) in [5.74, 6) is 1.51. The number of rotatable bonds is 7. The van der Waals surface area contributed by atoms with Crippen molar-refractivity contribution in [3.63, 3.8) is 0 Å². The van der Waals surface area contributed by atoms with Gasteiger partial charge >= 0.3 is 0 Å². The number of hydrogen-bond acceptors (Lipinski definition) is 7. The van der Waals surface area contributed by atoms with Crippen LogP contribution >= 0.6 is 11.6 Å². The highest BCUT2D eigenvalue weighted by Gasteiger charge is 2.31. The minimum atomic E-state index is 0.142. The van der Waals surface area contributed by atoms with Crippen molar-refractivity contribution in [1.29, 1.82) is 5.26 Å². The molecule has 0 unspecified atom stereocenters. The number of anilines is 2. The maximum atomic E-state index is 8.97.